The second-order valence-corrected chi connectivity index (χ2v) is 6.06. The molecule has 0 heterocycles. The van der Waals surface area contributed by atoms with Crippen molar-refractivity contribution in [3.05, 3.63) is 0 Å². The molecule has 4 nitrogen and oxygen atoms in total. The molecule has 2 unspecified atom stereocenters. The minimum atomic E-state index is 0.170. The highest BCUT2D eigenvalue weighted by Crippen LogP contribution is 2.33. The molecule has 2 saturated carbocycles. The molecular weight excluding hydrogens is 242 g/mol. The molecule has 2 aliphatic carbocycles. The van der Waals surface area contributed by atoms with Gasteiger partial charge in [0, 0.05) is 26.2 Å². The number of carbonyl (C=O) groups excluding carboxylic acids is 1. The van der Waals surface area contributed by atoms with Crippen LogP contribution in [-0.2, 0) is 9.53 Å². The molecule has 0 bridgehead atoms. The lowest BCUT2D eigenvalue weighted by atomic mass is 9.80. The third-order valence-corrected chi connectivity index (χ3v) is 4.68. The van der Waals surface area contributed by atoms with Crippen LogP contribution in [0, 0.1) is 17.8 Å². The Kier molecular flexibility index (Phi) is 5.64. The Morgan fingerprint density at radius 3 is 2.74 bits per heavy atom. The van der Waals surface area contributed by atoms with E-state index in [1.54, 1.807) is 0 Å². The van der Waals surface area contributed by atoms with Crippen LogP contribution in [0.15, 0.2) is 0 Å². The molecule has 0 saturated heterocycles. The van der Waals surface area contributed by atoms with E-state index in [0.29, 0.717) is 30.3 Å². The van der Waals surface area contributed by atoms with Gasteiger partial charge in [-0.15, -0.1) is 0 Å². The van der Waals surface area contributed by atoms with Gasteiger partial charge in [-0.2, -0.15) is 0 Å². The van der Waals surface area contributed by atoms with Crippen LogP contribution >= 0.6 is 0 Å². The summed E-state index contributed by atoms with van der Waals surface area (Å²) < 4.78 is 5.50. The molecule has 4 heteroatoms. The van der Waals surface area contributed by atoms with E-state index in [1.165, 1.54) is 6.42 Å². The lowest BCUT2D eigenvalue weighted by Gasteiger charge is -2.34. The largest absolute Gasteiger partial charge is 0.396 e. The van der Waals surface area contributed by atoms with Gasteiger partial charge in [0.05, 0.1) is 6.10 Å². The van der Waals surface area contributed by atoms with Crippen molar-refractivity contribution in [3.63, 3.8) is 0 Å². The maximum absolute atomic E-state index is 11.8. The molecule has 1 amide bonds. The molecule has 0 spiro atoms. The lowest BCUT2D eigenvalue weighted by Crippen LogP contribution is -2.37. The fourth-order valence-electron chi connectivity index (χ4n) is 3.41. The molecule has 19 heavy (non-hydrogen) atoms. The van der Waals surface area contributed by atoms with Gasteiger partial charge < -0.3 is 15.2 Å². The van der Waals surface area contributed by atoms with E-state index in [9.17, 15) is 9.90 Å². The Bertz CT molecular complexity index is 289. The van der Waals surface area contributed by atoms with Crippen molar-refractivity contribution in [1.29, 1.82) is 0 Å². The third-order valence-electron chi connectivity index (χ3n) is 4.68. The van der Waals surface area contributed by atoms with Gasteiger partial charge in [0.25, 0.3) is 0 Å². The number of amides is 1. The normalized spacial score (nSPS) is 34.0. The molecule has 110 valence electrons. The maximum atomic E-state index is 11.8. The van der Waals surface area contributed by atoms with Gasteiger partial charge in [-0.3, -0.25) is 4.79 Å². The Labute approximate surface area is 115 Å². The summed E-state index contributed by atoms with van der Waals surface area (Å²) in [6.45, 7) is 3.79. The van der Waals surface area contributed by atoms with Crippen LogP contribution in [-0.4, -0.2) is 36.9 Å². The smallest absolute Gasteiger partial charge is 0.220 e. The predicted octanol–water partition coefficient (Wildman–Crippen LogP) is 1.72. The molecule has 2 aliphatic rings. The van der Waals surface area contributed by atoms with Crippen molar-refractivity contribution in [2.75, 3.05) is 19.8 Å². The van der Waals surface area contributed by atoms with Crippen LogP contribution < -0.4 is 5.32 Å². The van der Waals surface area contributed by atoms with Gasteiger partial charge in [-0.1, -0.05) is 6.42 Å². The van der Waals surface area contributed by atoms with E-state index in [4.69, 9.17) is 4.74 Å². The van der Waals surface area contributed by atoms with Gasteiger partial charge in [-0.25, -0.2) is 0 Å². The molecule has 0 aromatic rings. The van der Waals surface area contributed by atoms with E-state index in [-0.39, 0.29) is 12.5 Å². The Balaban J connectivity index is 1.58. The number of nitrogens with one attached hydrogen (secondary N) is 1. The predicted molar refractivity (Wildman–Crippen MR) is 73.7 cm³/mol. The first-order chi connectivity index (χ1) is 9.22. The van der Waals surface area contributed by atoms with E-state index in [1.807, 2.05) is 6.92 Å². The van der Waals surface area contributed by atoms with Crippen LogP contribution in [0.25, 0.3) is 0 Å². The summed E-state index contributed by atoms with van der Waals surface area (Å²) in [4.78, 5) is 11.8. The lowest BCUT2D eigenvalue weighted by molar-refractivity contribution is -0.124. The zero-order valence-corrected chi connectivity index (χ0v) is 11.9. The molecule has 2 fully saturated rings. The minimum Gasteiger partial charge on any atom is -0.396 e. The summed E-state index contributed by atoms with van der Waals surface area (Å²) >= 11 is 0. The molecule has 0 aromatic heterocycles. The van der Waals surface area contributed by atoms with Crippen molar-refractivity contribution >= 4 is 5.91 Å². The monoisotopic (exact) mass is 269 g/mol. The van der Waals surface area contributed by atoms with Crippen molar-refractivity contribution in [3.8, 4) is 0 Å². The Morgan fingerprint density at radius 1 is 1.32 bits per heavy atom. The van der Waals surface area contributed by atoms with Crippen LogP contribution in [0.2, 0.25) is 0 Å². The number of hydrogen-bond donors (Lipinski definition) is 2. The number of carbonyl (C=O) groups is 1. The molecular formula is C15H27NO3. The first-order valence-electron chi connectivity index (χ1n) is 7.72. The highest BCUT2D eigenvalue weighted by atomic mass is 16.5. The van der Waals surface area contributed by atoms with Crippen LogP contribution in [0.1, 0.15) is 45.4 Å². The summed E-state index contributed by atoms with van der Waals surface area (Å²) in [5, 5.41) is 12.3. The van der Waals surface area contributed by atoms with Crippen molar-refractivity contribution in [2.45, 2.75) is 51.6 Å². The van der Waals surface area contributed by atoms with E-state index >= 15 is 0 Å². The second-order valence-electron chi connectivity index (χ2n) is 6.06. The highest BCUT2D eigenvalue weighted by Gasteiger charge is 2.31. The van der Waals surface area contributed by atoms with Gasteiger partial charge in [0.15, 0.2) is 0 Å². The van der Waals surface area contributed by atoms with Crippen molar-refractivity contribution in [1.82, 2.24) is 5.32 Å². The summed E-state index contributed by atoms with van der Waals surface area (Å²) in [5.74, 6) is 1.55. The van der Waals surface area contributed by atoms with Crippen LogP contribution in [0.4, 0.5) is 0 Å². The number of rotatable bonds is 7. The number of aliphatic hydroxyl groups excluding tert-OH is 1. The summed E-state index contributed by atoms with van der Waals surface area (Å²) in [7, 11) is 0. The Morgan fingerprint density at radius 2 is 2.05 bits per heavy atom. The number of ether oxygens (including phenoxy) is 1. The van der Waals surface area contributed by atoms with Gasteiger partial charge in [0.1, 0.15) is 0 Å². The third kappa shape index (κ3) is 4.18. The van der Waals surface area contributed by atoms with Crippen LogP contribution in [0.3, 0.4) is 0 Å². The maximum Gasteiger partial charge on any atom is 0.220 e. The van der Waals surface area contributed by atoms with Gasteiger partial charge in [0.2, 0.25) is 5.91 Å². The van der Waals surface area contributed by atoms with E-state index in [0.717, 1.165) is 38.8 Å². The average molecular weight is 269 g/mol. The number of aliphatic hydroxyl groups is 1. The molecule has 0 radical (unpaired) electrons. The molecule has 0 aliphatic heterocycles. The molecule has 0 aromatic carbocycles. The minimum absolute atomic E-state index is 0.170. The number of hydrogen-bond acceptors (Lipinski definition) is 3. The molecule has 2 rings (SSSR count). The Hall–Kier alpha value is -0.610. The first kappa shape index (κ1) is 14.8. The van der Waals surface area contributed by atoms with Crippen molar-refractivity contribution < 1.29 is 14.6 Å². The fraction of sp³-hybridized carbons (Fsp3) is 0.933. The van der Waals surface area contributed by atoms with E-state index < -0.39 is 0 Å². The molecule has 2 N–H and O–H groups in total. The average Bonchev–Trinajstić information content (AvgIpc) is 2.81. The van der Waals surface area contributed by atoms with Crippen LogP contribution in [0.5, 0.6) is 0 Å². The molecule has 2 atom stereocenters. The second kappa shape index (κ2) is 7.25. The van der Waals surface area contributed by atoms with Crippen molar-refractivity contribution in [2.24, 2.45) is 17.8 Å². The summed E-state index contributed by atoms with van der Waals surface area (Å²) in [6, 6.07) is 0. The topological polar surface area (TPSA) is 58.6 Å². The van der Waals surface area contributed by atoms with Gasteiger partial charge in [-0.05, 0) is 50.4 Å². The highest BCUT2D eigenvalue weighted by molar-refractivity contribution is 5.76. The summed E-state index contributed by atoms with van der Waals surface area (Å²) in [6.07, 6.45) is 6.52. The quantitative estimate of drug-likeness (QED) is 0.740. The first-order valence-corrected chi connectivity index (χ1v) is 7.72. The fourth-order valence-corrected chi connectivity index (χ4v) is 3.41. The standard InChI is InChI=1S/C15H27NO3/c1-2-19-14-6-11(7-14)8-15(18)16-9-12-4-3-5-13(12)10-17/h11-14,17H,2-10H2,1H3,(H,16,18). The zero-order valence-electron chi connectivity index (χ0n) is 11.9. The van der Waals surface area contributed by atoms with Gasteiger partial charge >= 0.3 is 0 Å². The van der Waals surface area contributed by atoms with E-state index in [2.05, 4.69) is 5.32 Å². The SMILES string of the molecule is CCOC1CC(CC(=O)NCC2CCCC2CO)C1. The zero-order chi connectivity index (χ0) is 13.7. The summed E-state index contributed by atoms with van der Waals surface area (Å²) in [5.41, 5.74) is 0.